The number of hydrogen-bond acceptors (Lipinski definition) is 3. The van der Waals surface area contributed by atoms with Crippen LogP contribution >= 0.6 is 0 Å². The van der Waals surface area contributed by atoms with E-state index in [-0.39, 0.29) is 5.91 Å². The first-order valence-corrected chi connectivity index (χ1v) is 9.10. The summed E-state index contributed by atoms with van der Waals surface area (Å²) in [7, 11) is 3.55. The maximum atomic E-state index is 12.1. The zero-order valence-electron chi connectivity index (χ0n) is 15.0. The molecule has 0 radical (unpaired) electrons. The van der Waals surface area contributed by atoms with Crippen LogP contribution in [0, 0.1) is 5.92 Å². The van der Waals surface area contributed by atoms with Crippen LogP contribution in [0.5, 0.6) is 0 Å². The van der Waals surface area contributed by atoms with Crippen molar-refractivity contribution >= 4 is 17.3 Å². The van der Waals surface area contributed by atoms with E-state index in [1.807, 2.05) is 12.1 Å². The van der Waals surface area contributed by atoms with Crippen molar-refractivity contribution in [2.45, 2.75) is 19.4 Å². The molecule has 2 heterocycles. The van der Waals surface area contributed by atoms with Gasteiger partial charge in [0.15, 0.2) is 0 Å². The molecule has 1 aliphatic heterocycles. The van der Waals surface area contributed by atoms with Crippen molar-refractivity contribution in [1.82, 2.24) is 9.88 Å². The molecule has 5 heteroatoms. The fourth-order valence-electron chi connectivity index (χ4n) is 3.55. The third-order valence-electron chi connectivity index (χ3n) is 5.12. The maximum absolute atomic E-state index is 12.1. The van der Waals surface area contributed by atoms with E-state index in [9.17, 15) is 4.79 Å². The van der Waals surface area contributed by atoms with Crippen LogP contribution in [0.15, 0.2) is 36.4 Å². The number of para-hydroxylation sites is 2. The number of nitrogens with one attached hydrogen (secondary N) is 1. The minimum atomic E-state index is 0.0147. The van der Waals surface area contributed by atoms with Crippen molar-refractivity contribution in [3.05, 3.63) is 47.8 Å². The summed E-state index contributed by atoms with van der Waals surface area (Å²) in [5.41, 5.74) is 4.37. The third kappa shape index (κ3) is 3.36. The highest BCUT2D eigenvalue weighted by atomic mass is 16.2. The largest absolute Gasteiger partial charge is 0.368 e. The van der Waals surface area contributed by atoms with Crippen molar-refractivity contribution < 1.29 is 4.79 Å². The third-order valence-corrected chi connectivity index (χ3v) is 5.12. The van der Waals surface area contributed by atoms with Crippen LogP contribution in [0.2, 0.25) is 0 Å². The van der Waals surface area contributed by atoms with Crippen LogP contribution in [0.25, 0.3) is 0 Å². The van der Waals surface area contributed by atoms with E-state index in [4.69, 9.17) is 0 Å². The van der Waals surface area contributed by atoms with Crippen LogP contribution in [0.4, 0.5) is 11.4 Å². The fraction of sp³-hybridized carbons (Fsp3) is 0.450. The Balaban J connectivity index is 1.52. The number of amides is 1. The van der Waals surface area contributed by atoms with Gasteiger partial charge in [0.05, 0.1) is 17.9 Å². The summed E-state index contributed by atoms with van der Waals surface area (Å²) >= 11 is 0. The number of aromatic amines is 1. The van der Waals surface area contributed by atoms with Gasteiger partial charge in [-0.1, -0.05) is 12.1 Å². The number of nitrogens with zero attached hydrogens (tertiary/aromatic N) is 3. The van der Waals surface area contributed by atoms with Gasteiger partial charge in [-0.3, -0.25) is 4.79 Å². The molecule has 2 aromatic rings. The van der Waals surface area contributed by atoms with Crippen LogP contribution in [0.3, 0.4) is 0 Å². The Labute approximate surface area is 149 Å². The fourth-order valence-corrected chi connectivity index (χ4v) is 3.55. The summed E-state index contributed by atoms with van der Waals surface area (Å²) in [4.78, 5) is 21.9. The molecule has 0 bridgehead atoms. The standard InChI is InChI=1S/C20H26N4O/c1-22(2)20(25)17-10-9-16(21-17)14-24-12-11-23(13-15-7-8-15)18-5-3-4-6-19(18)24/h3-6,9-10,15,21H,7-8,11-14H2,1-2H3. The van der Waals surface area contributed by atoms with Gasteiger partial charge >= 0.3 is 0 Å². The van der Waals surface area contributed by atoms with Crippen molar-refractivity contribution in [3.63, 3.8) is 0 Å². The Hall–Kier alpha value is -2.43. The molecular formula is C20H26N4O. The van der Waals surface area contributed by atoms with Crippen LogP contribution in [0.1, 0.15) is 29.0 Å². The van der Waals surface area contributed by atoms with Crippen molar-refractivity contribution in [2.24, 2.45) is 5.92 Å². The van der Waals surface area contributed by atoms with Crippen molar-refractivity contribution in [1.29, 1.82) is 0 Å². The molecule has 25 heavy (non-hydrogen) atoms. The van der Waals surface area contributed by atoms with E-state index < -0.39 is 0 Å². The Morgan fingerprint density at radius 1 is 1.08 bits per heavy atom. The zero-order valence-corrected chi connectivity index (χ0v) is 15.0. The number of hydrogen-bond donors (Lipinski definition) is 1. The van der Waals surface area contributed by atoms with E-state index in [1.165, 1.54) is 30.8 Å². The van der Waals surface area contributed by atoms with Gasteiger partial charge in [0.1, 0.15) is 5.69 Å². The molecule has 1 amide bonds. The molecule has 5 nitrogen and oxygen atoms in total. The average molecular weight is 338 g/mol. The Kier molecular flexibility index (Phi) is 4.15. The lowest BCUT2D eigenvalue weighted by Crippen LogP contribution is -2.41. The second-order valence-corrected chi connectivity index (χ2v) is 7.40. The number of anilines is 2. The molecule has 1 aromatic carbocycles. The summed E-state index contributed by atoms with van der Waals surface area (Å²) in [5.74, 6) is 0.906. The lowest BCUT2D eigenvalue weighted by atomic mass is 10.1. The topological polar surface area (TPSA) is 42.6 Å². The SMILES string of the molecule is CN(C)C(=O)c1ccc(CN2CCN(CC3CC3)c3ccccc32)[nH]1. The highest BCUT2D eigenvalue weighted by molar-refractivity contribution is 5.92. The Bertz CT molecular complexity index is 763. The first-order valence-electron chi connectivity index (χ1n) is 9.10. The predicted octanol–water partition coefficient (Wildman–Crippen LogP) is 2.95. The van der Waals surface area contributed by atoms with E-state index in [0.29, 0.717) is 5.69 Å². The average Bonchev–Trinajstić information content (AvgIpc) is 3.32. The predicted molar refractivity (Wildman–Crippen MR) is 101 cm³/mol. The minimum absolute atomic E-state index is 0.0147. The Morgan fingerprint density at radius 2 is 1.76 bits per heavy atom. The van der Waals surface area contributed by atoms with Gasteiger partial charge in [-0.05, 0) is 43.0 Å². The van der Waals surface area contributed by atoms with Crippen LogP contribution in [-0.2, 0) is 6.54 Å². The number of benzene rings is 1. The van der Waals surface area contributed by atoms with Gasteiger partial charge in [0.25, 0.3) is 5.91 Å². The lowest BCUT2D eigenvalue weighted by Gasteiger charge is -2.39. The summed E-state index contributed by atoms with van der Waals surface area (Å²) in [6, 6.07) is 12.6. The zero-order chi connectivity index (χ0) is 17.4. The molecule has 132 valence electrons. The normalized spacial score (nSPS) is 16.7. The summed E-state index contributed by atoms with van der Waals surface area (Å²) in [6.45, 7) is 4.07. The van der Waals surface area contributed by atoms with Gasteiger partial charge in [-0.15, -0.1) is 0 Å². The molecule has 2 aliphatic rings. The minimum Gasteiger partial charge on any atom is -0.368 e. The number of H-pyrrole nitrogens is 1. The van der Waals surface area contributed by atoms with E-state index in [0.717, 1.165) is 31.2 Å². The first kappa shape index (κ1) is 16.1. The number of rotatable bonds is 5. The molecule has 1 aliphatic carbocycles. The maximum Gasteiger partial charge on any atom is 0.269 e. The molecule has 1 N–H and O–H groups in total. The first-order chi connectivity index (χ1) is 12.1. The molecule has 0 spiro atoms. The highest BCUT2D eigenvalue weighted by Gasteiger charge is 2.29. The highest BCUT2D eigenvalue weighted by Crippen LogP contribution is 2.37. The molecule has 0 atom stereocenters. The number of carbonyl (C=O) groups excluding carboxylic acids is 1. The smallest absolute Gasteiger partial charge is 0.269 e. The van der Waals surface area contributed by atoms with Gasteiger partial charge < -0.3 is 19.7 Å². The quantitative estimate of drug-likeness (QED) is 0.911. The van der Waals surface area contributed by atoms with Crippen LogP contribution < -0.4 is 9.80 Å². The second kappa shape index (κ2) is 6.47. The number of aromatic nitrogens is 1. The van der Waals surface area contributed by atoms with E-state index in [2.05, 4.69) is 39.0 Å². The van der Waals surface area contributed by atoms with E-state index >= 15 is 0 Å². The summed E-state index contributed by atoms with van der Waals surface area (Å²) < 4.78 is 0. The monoisotopic (exact) mass is 338 g/mol. The van der Waals surface area contributed by atoms with Gasteiger partial charge in [0.2, 0.25) is 0 Å². The molecule has 0 saturated heterocycles. The van der Waals surface area contributed by atoms with Crippen LogP contribution in [-0.4, -0.2) is 49.5 Å². The van der Waals surface area contributed by atoms with Gasteiger partial charge in [-0.25, -0.2) is 0 Å². The Morgan fingerprint density at radius 3 is 2.44 bits per heavy atom. The van der Waals surface area contributed by atoms with E-state index in [1.54, 1.807) is 19.0 Å². The summed E-state index contributed by atoms with van der Waals surface area (Å²) in [5, 5.41) is 0. The molecule has 1 fully saturated rings. The number of carbonyl (C=O) groups is 1. The molecular weight excluding hydrogens is 312 g/mol. The molecule has 1 aromatic heterocycles. The van der Waals surface area contributed by atoms with Crippen molar-refractivity contribution in [3.8, 4) is 0 Å². The number of fused-ring (bicyclic) bond motifs is 1. The molecule has 4 rings (SSSR count). The van der Waals surface area contributed by atoms with Gasteiger partial charge in [-0.2, -0.15) is 0 Å². The lowest BCUT2D eigenvalue weighted by molar-refractivity contribution is 0.0822. The summed E-state index contributed by atoms with van der Waals surface area (Å²) in [6.07, 6.45) is 2.76. The molecule has 1 saturated carbocycles. The van der Waals surface area contributed by atoms with Gasteiger partial charge in [0, 0.05) is 39.4 Å². The van der Waals surface area contributed by atoms with Crippen molar-refractivity contribution in [2.75, 3.05) is 43.5 Å². The second-order valence-electron chi connectivity index (χ2n) is 7.40. The molecule has 0 unspecified atom stereocenters.